The molecule has 0 radical (unpaired) electrons. The third kappa shape index (κ3) is 4.84. The molecule has 1 aromatic heterocycles. The summed E-state index contributed by atoms with van der Waals surface area (Å²) >= 11 is 6.75. The summed E-state index contributed by atoms with van der Waals surface area (Å²) in [4.78, 5) is 13.2. The smallest absolute Gasteiger partial charge is 0.257 e. The maximum Gasteiger partial charge on any atom is 0.257 e. The first-order valence-corrected chi connectivity index (χ1v) is 7.82. The average Bonchev–Trinajstić information content (AvgIpc) is 2.99. The predicted molar refractivity (Wildman–Crippen MR) is 88.8 cm³/mol. The number of hydrogen-bond donors (Lipinski definition) is 2. The lowest BCUT2D eigenvalue weighted by molar-refractivity contribution is 0.0976. The third-order valence-electron chi connectivity index (χ3n) is 2.64. The number of thiophene rings is 1. The minimum Gasteiger partial charge on any atom is -0.494 e. The van der Waals surface area contributed by atoms with Crippen molar-refractivity contribution >= 4 is 34.6 Å². The Kier molecular flexibility index (Phi) is 5.71. The topological polar surface area (TPSA) is 50.4 Å². The van der Waals surface area contributed by atoms with Crippen LogP contribution in [0.2, 0.25) is 0 Å². The van der Waals surface area contributed by atoms with Crippen LogP contribution in [0.5, 0.6) is 5.75 Å². The second kappa shape index (κ2) is 7.75. The molecule has 21 heavy (non-hydrogen) atoms. The summed E-state index contributed by atoms with van der Waals surface area (Å²) in [6.45, 7) is 3.07. The van der Waals surface area contributed by atoms with E-state index in [0.29, 0.717) is 29.6 Å². The van der Waals surface area contributed by atoms with Gasteiger partial charge in [-0.15, -0.1) is 11.3 Å². The first-order chi connectivity index (χ1) is 10.2. The van der Waals surface area contributed by atoms with E-state index in [-0.39, 0.29) is 5.91 Å². The van der Waals surface area contributed by atoms with Gasteiger partial charge in [0.1, 0.15) is 5.75 Å². The molecule has 2 aromatic rings. The maximum absolute atomic E-state index is 12.1. The van der Waals surface area contributed by atoms with Crippen LogP contribution in [0.4, 0.5) is 0 Å². The van der Waals surface area contributed by atoms with E-state index in [1.54, 1.807) is 29.5 Å². The van der Waals surface area contributed by atoms with E-state index in [2.05, 4.69) is 10.6 Å². The molecule has 0 aliphatic heterocycles. The molecule has 6 heteroatoms. The third-order valence-corrected chi connectivity index (χ3v) is 3.76. The van der Waals surface area contributed by atoms with Crippen LogP contribution in [0.1, 0.15) is 22.2 Å². The number of nitrogens with one attached hydrogen (secondary N) is 2. The standard InChI is InChI=1S/C15H16N2O2S2/c1-2-19-12-6-3-5-11(9-12)14(18)17-15(20)16-10-13-7-4-8-21-13/h3-9H,2,10H2,1H3,(H2,16,17,18,20). The minimum absolute atomic E-state index is 0.250. The van der Waals surface area contributed by atoms with Gasteiger partial charge in [0.25, 0.3) is 5.91 Å². The molecular formula is C15H16N2O2S2. The van der Waals surface area contributed by atoms with Gasteiger partial charge in [-0.2, -0.15) is 0 Å². The van der Waals surface area contributed by atoms with Gasteiger partial charge in [-0.05, 0) is 48.8 Å². The Balaban J connectivity index is 1.88. The summed E-state index contributed by atoms with van der Waals surface area (Å²) in [6.07, 6.45) is 0. The van der Waals surface area contributed by atoms with E-state index >= 15 is 0 Å². The lowest BCUT2D eigenvalue weighted by Gasteiger charge is -2.09. The van der Waals surface area contributed by atoms with E-state index in [1.165, 1.54) is 0 Å². The molecule has 0 fully saturated rings. The molecule has 2 N–H and O–H groups in total. The van der Waals surface area contributed by atoms with E-state index < -0.39 is 0 Å². The number of amides is 1. The zero-order valence-corrected chi connectivity index (χ0v) is 13.2. The van der Waals surface area contributed by atoms with Crippen molar-refractivity contribution in [2.75, 3.05) is 6.61 Å². The van der Waals surface area contributed by atoms with Crippen LogP contribution in [-0.2, 0) is 6.54 Å². The van der Waals surface area contributed by atoms with Crippen molar-refractivity contribution in [3.63, 3.8) is 0 Å². The van der Waals surface area contributed by atoms with Crippen LogP contribution in [0.3, 0.4) is 0 Å². The molecule has 1 heterocycles. The van der Waals surface area contributed by atoms with Crippen LogP contribution in [-0.4, -0.2) is 17.6 Å². The highest BCUT2D eigenvalue weighted by molar-refractivity contribution is 7.80. The van der Waals surface area contributed by atoms with E-state index in [1.807, 2.05) is 30.5 Å². The molecule has 0 atom stereocenters. The fraction of sp³-hybridized carbons (Fsp3) is 0.200. The first kappa shape index (κ1) is 15.5. The molecule has 4 nitrogen and oxygen atoms in total. The summed E-state index contributed by atoms with van der Waals surface area (Å²) in [7, 11) is 0. The Morgan fingerprint density at radius 1 is 1.33 bits per heavy atom. The van der Waals surface area contributed by atoms with E-state index in [0.717, 1.165) is 4.88 Å². The van der Waals surface area contributed by atoms with Crippen LogP contribution in [0.15, 0.2) is 41.8 Å². The van der Waals surface area contributed by atoms with Crippen LogP contribution in [0, 0.1) is 0 Å². The van der Waals surface area contributed by atoms with Crippen molar-refractivity contribution < 1.29 is 9.53 Å². The van der Waals surface area contributed by atoms with Gasteiger partial charge in [0.05, 0.1) is 13.2 Å². The predicted octanol–water partition coefficient (Wildman–Crippen LogP) is 2.95. The van der Waals surface area contributed by atoms with Crippen molar-refractivity contribution in [3.8, 4) is 5.75 Å². The quantitative estimate of drug-likeness (QED) is 0.832. The fourth-order valence-electron chi connectivity index (χ4n) is 1.69. The summed E-state index contributed by atoms with van der Waals surface area (Å²) in [6, 6.07) is 11.0. The van der Waals surface area contributed by atoms with Gasteiger partial charge in [0.2, 0.25) is 0 Å². The van der Waals surface area contributed by atoms with Gasteiger partial charge in [-0.25, -0.2) is 0 Å². The summed E-state index contributed by atoms with van der Waals surface area (Å²) in [5.74, 6) is 0.419. The zero-order valence-electron chi connectivity index (χ0n) is 11.6. The Bertz CT molecular complexity index is 612. The van der Waals surface area contributed by atoms with Crippen molar-refractivity contribution in [1.29, 1.82) is 0 Å². The summed E-state index contributed by atoms with van der Waals surface area (Å²) < 4.78 is 5.37. The second-order valence-corrected chi connectivity index (χ2v) is 5.62. The van der Waals surface area contributed by atoms with Crippen molar-refractivity contribution in [1.82, 2.24) is 10.6 Å². The molecule has 1 aromatic carbocycles. The van der Waals surface area contributed by atoms with Gasteiger partial charge in [-0.3, -0.25) is 10.1 Å². The number of thiocarbonyl (C=S) groups is 1. The van der Waals surface area contributed by atoms with Crippen molar-refractivity contribution in [2.24, 2.45) is 0 Å². The van der Waals surface area contributed by atoms with Crippen LogP contribution in [0.25, 0.3) is 0 Å². The Hall–Kier alpha value is -1.92. The highest BCUT2D eigenvalue weighted by atomic mass is 32.1. The highest BCUT2D eigenvalue weighted by Gasteiger charge is 2.08. The average molecular weight is 320 g/mol. The Morgan fingerprint density at radius 3 is 2.90 bits per heavy atom. The molecular weight excluding hydrogens is 304 g/mol. The molecule has 2 rings (SSSR count). The second-order valence-electron chi connectivity index (χ2n) is 4.18. The van der Waals surface area contributed by atoms with Gasteiger partial charge in [-0.1, -0.05) is 12.1 Å². The molecule has 0 aliphatic carbocycles. The van der Waals surface area contributed by atoms with E-state index in [9.17, 15) is 4.79 Å². The first-order valence-electron chi connectivity index (χ1n) is 6.53. The van der Waals surface area contributed by atoms with Gasteiger partial charge in [0.15, 0.2) is 5.11 Å². The number of hydrogen-bond acceptors (Lipinski definition) is 4. The Morgan fingerprint density at radius 2 is 2.19 bits per heavy atom. The molecule has 0 aliphatic rings. The number of ether oxygens (including phenoxy) is 1. The van der Waals surface area contributed by atoms with Gasteiger partial charge >= 0.3 is 0 Å². The normalized spacial score (nSPS) is 9.95. The van der Waals surface area contributed by atoms with Crippen LogP contribution >= 0.6 is 23.6 Å². The minimum atomic E-state index is -0.250. The van der Waals surface area contributed by atoms with E-state index in [4.69, 9.17) is 17.0 Å². The number of benzene rings is 1. The van der Waals surface area contributed by atoms with Crippen molar-refractivity contribution in [2.45, 2.75) is 13.5 Å². The molecule has 0 spiro atoms. The van der Waals surface area contributed by atoms with Gasteiger partial charge < -0.3 is 10.1 Å². The number of carbonyl (C=O) groups excluding carboxylic acids is 1. The summed E-state index contributed by atoms with van der Waals surface area (Å²) in [5.41, 5.74) is 0.515. The highest BCUT2D eigenvalue weighted by Crippen LogP contribution is 2.13. The number of carbonyl (C=O) groups is 1. The molecule has 0 bridgehead atoms. The SMILES string of the molecule is CCOc1cccc(C(=O)NC(=S)NCc2cccs2)c1. The lowest BCUT2D eigenvalue weighted by Crippen LogP contribution is -2.38. The maximum atomic E-state index is 12.1. The fourth-order valence-corrected chi connectivity index (χ4v) is 2.50. The van der Waals surface area contributed by atoms with Crippen molar-refractivity contribution in [3.05, 3.63) is 52.2 Å². The largest absolute Gasteiger partial charge is 0.494 e. The monoisotopic (exact) mass is 320 g/mol. The molecule has 0 saturated heterocycles. The molecule has 110 valence electrons. The zero-order chi connectivity index (χ0) is 15.1. The molecule has 0 saturated carbocycles. The number of rotatable bonds is 5. The lowest BCUT2D eigenvalue weighted by atomic mass is 10.2. The Labute approximate surface area is 133 Å². The molecule has 0 unspecified atom stereocenters. The van der Waals surface area contributed by atoms with Crippen LogP contribution < -0.4 is 15.4 Å². The molecule has 1 amide bonds. The van der Waals surface area contributed by atoms with Gasteiger partial charge in [0, 0.05) is 10.4 Å². The summed E-state index contributed by atoms with van der Waals surface area (Å²) in [5, 5.41) is 7.98.